The van der Waals surface area contributed by atoms with Crippen LogP contribution in [-0.2, 0) is 11.8 Å². The maximum atomic E-state index is 12.6. The third kappa shape index (κ3) is 2.99. The molecule has 0 saturated heterocycles. The second-order valence-electron chi connectivity index (χ2n) is 5.46. The van der Waals surface area contributed by atoms with Crippen molar-refractivity contribution in [2.75, 3.05) is 6.61 Å². The third-order valence-electron chi connectivity index (χ3n) is 3.91. The molecule has 0 bridgehead atoms. The normalized spacial score (nSPS) is 10.5. The molecule has 24 heavy (non-hydrogen) atoms. The third-order valence-corrected chi connectivity index (χ3v) is 3.91. The number of fused-ring (bicyclic) bond motifs is 1. The van der Waals surface area contributed by atoms with Gasteiger partial charge in [-0.05, 0) is 41.3 Å². The second kappa shape index (κ2) is 6.54. The zero-order chi connectivity index (χ0) is 17.1. The molecule has 0 atom stereocenters. The molecule has 0 radical (unpaired) electrons. The fourth-order valence-electron chi connectivity index (χ4n) is 2.57. The highest BCUT2D eigenvalue weighted by Crippen LogP contribution is 2.23. The number of hydrogen-bond donors (Lipinski definition) is 0. The van der Waals surface area contributed by atoms with Crippen LogP contribution in [0.15, 0.2) is 72.0 Å². The van der Waals surface area contributed by atoms with E-state index in [-0.39, 0.29) is 17.9 Å². The quantitative estimate of drug-likeness (QED) is 0.678. The summed E-state index contributed by atoms with van der Waals surface area (Å²) in [4.78, 5) is 23.8. The molecule has 0 amide bonds. The Labute approximate surface area is 139 Å². The minimum absolute atomic E-state index is 0.0411. The van der Waals surface area contributed by atoms with Crippen molar-refractivity contribution >= 4 is 16.7 Å². The molecule has 0 fully saturated rings. The highest BCUT2D eigenvalue weighted by Gasteiger charge is 2.09. The van der Waals surface area contributed by atoms with Gasteiger partial charge in [0, 0.05) is 12.6 Å². The minimum Gasteiger partial charge on any atom is -0.485 e. The molecular weight excluding hydrogens is 302 g/mol. The molecule has 3 rings (SSSR count). The van der Waals surface area contributed by atoms with Crippen LogP contribution in [0.3, 0.4) is 0 Å². The molecule has 4 nitrogen and oxygen atoms in total. The highest BCUT2D eigenvalue weighted by atomic mass is 16.5. The van der Waals surface area contributed by atoms with Gasteiger partial charge in [0.1, 0.15) is 5.75 Å². The summed E-state index contributed by atoms with van der Waals surface area (Å²) in [5.74, 6) is 0.397. The molecule has 4 heteroatoms. The van der Waals surface area contributed by atoms with Crippen LogP contribution in [0.2, 0.25) is 0 Å². The molecule has 0 aliphatic rings. The molecule has 3 aromatic rings. The van der Waals surface area contributed by atoms with Crippen LogP contribution in [0, 0.1) is 0 Å². The molecule has 0 N–H and O–H groups in total. The molecule has 120 valence electrons. The van der Waals surface area contributed by atoms with Gasteiger partial charge in [0.2, 0.25) is 0 Å². The summed E-state index contributed by atoms with van der Waals surface area (Å²) in [6.07, 6.45) is 1.23. The number of pyridine rings is 1. The van der Waals surface area contributed by atoms with Gasteiger partial charge >= 0.3 is 0 Å². The summed E-state index contributed by atoms with van der Waals surface area (Å²) in [6, 6.07) is 16.8. The summed E-state index contributed by atoms with van der Waals surface area (Å²) in [5.41, 5.74) is 2.28. The number of aryl methyl sites for hydroxylation is 1. The first-order chi connectivity index (χ1) is 11.6. The fourth-order valence-corrected chi connectivity index (χ4v) is 2.57. The maximum Gasteiger partial charge on any atom is 0.258 e. The molecular formula is C20H17NO3. The van der Waals surface area contributed by atoms with Gasteiger partial charge in [0.15, 0.2) is 12.4 Å². The summed E-state index contributed by atoms with van der Waals surface area (Å²) in [7, 11) is 1.77. The number of nitrogens with zero attached hydrogens (tertiary/aromatic N) is 1. The average Bonchev–Trinajstić information content (AvgIpc) is 2.63. The van der Waals surface area contributed by atoms with Gasteiger partial charge in [-0.25, -0.2) is 0 Å². The SMILES string of the molecule is C=CC(=O)COc1ccc(-c2cc3ccccc3n(C)c2=O)cc1. The van der Waals surface area contributed by atoms with Crippen LogP contribution < -0.4 is 10.3 Å². The number of aromatic nitrogens is 1. The predicted octanol–water partition coefficient (Wildman–Crippen LogP) is 3.34. The van der Waals surface area contributed by atoms with Gasteiger partial charge < -0.3 is 9.30 Å². The highest BCUT2D eigenvalue weighted by molar-refractivity contribution is 5.90. The van der Waals surface area contributed by atoms with Crippen molar-refractivity contribution in [3.05, 3.63) is 77.6 Å². The Balaban J connectivity index is 1.96. The van der Waals surface area contributed by atoms with Crippen LogP contribution in [0.1, 0.15) is 0 Å². The number of ether oxygens (including phenoxy) is 1. The summed E-state index contributed by atoms with van der Waals surface area (Å²) in [5, 5.41) is 1.01. The zero-order valence-corrected chi connectivity index (χ0v) is 13.4. The lowest BCUT2D eigenvalue weighted by molar-refractivity contribution is -0.116. The zero-order valence-electron chi connectivity index (χ0n) is 13.4. The monoisotopic (exact) mass is 319 g/mol. The van der Waals surface area contributed by atoms with Crippen molar-refractivity contribution < 1.29 is 9.53 Å². The van der Waals surface area contributed by atoms with Crippen LogP contribution in [0.25, 0.3) is 22.0 Å². The van der Waals surface area contributed by atoms with E-state index in [2.05, 4.69) is 6.58 Å². The van der Waals surface area contributed by atoms with Gasteiger partial charge in [0.25, 0.3) is 5.56 Å². The molecule has 0 saturated carbocycles. The fraction of sp³-hybridized carbons (Fsp3) is 0.100. The predicted molar refractivity (Wildman–Crippen MR) is 95.3 cm³/mol. The van der Waals surface area contributed by atoms with E-state index in [9.17, 15) is 9.59 Å². The van der Waals surface area contributed by atoms with Gasteiger partial charge in [-0.15, -0.1) is 0 Å². The van der Waals surface area contributed by atoms with Crippen molar-refractivity contribution in [2.24, 2.45) is 7.05 Å². The second-order valence-corrected chi connectivity index (χ2v) is 5.46. The standard InChI is InChI=1S/C20H17NO3/c1-3-16(22)13-24-17-10-8-14(9-11-17)18-12-15-6-4-5-7-19(15)21(2)20(18)23/h3-12H,1,13H2,2H3. The molecule has 1 aromatic heterocycles. The van der Waals surface area contributed by atoms with E-state index in [1.165, 1.54) is 6.08 Å². The summed E-state index contributed by atoms with van der Waals surface area (Å²) in [6.45, 7) is 3.36. The van der Waals surface area contributed by atoms with E-state index in [1.54, 1.807) is 23.7 Å². The van der Waals surface area contributed by atoms with Crippen LogP contribution in [0.5, 0.6) is 5.75 Å². The first kappa shape index (κ1) is 15.7. The van der Waals surface area contributed by atoms with Gasteiger partial charge in [-0.3, -0.25) is 9.59 Å². The first-order valence-corrected chi connectivity index (χ1v) is 7.57. The minimum atomic E-state index is -0.178. The van der Waals surface area contributed by atoms with Crippen molar-refractivity contribution in [3.8, 4) is 16.9 Å². The van der Waals surface area contributed by atoms with E-state index in [0.717, 1.165) is 16.5 Å². The number of para-hydroxylation sites is 1. The van der Waals surface area contributed by atoms with E-state index < -0.39 is 0 Å². The molecule has 0 aliphatic carbocycles. The van der Waals surface area contributed by atoms with Crippen LogP contribution >= 0.6 is 0 Å². The lowest BCUT2D eigenvalue weighted by Gasteiger charge is -2.10. The van der Waals surface area contributed by atoms with E-state index in [1.807, 2.05) is 42.5 Å². The van der Waals surface area contributed by atoms with Crippen molar-refractivity contribution in [2.45, 2.75) is 0 Å². The Morgan fingerprint density at radius 2 is 1.88 bits per heavy atom. The lowest BCUT2D eigenvalue weighted by Crippen LogP contribution is -2.18. The van der Waals surface area contributed by atoms with Crippen LogP contribution in [0.4, 0.5) is 0 Å². The number of carbonyl (C=O) groups excluding carboxylic acids is 1. The van der Waals surface area contributed by atoms with Crippen molar-refractivity contribution in [1.82, 2.24) is 4.57 Å². The smallest absolute Gasteiger partial charge is 0.258 e. The van der Waals surface area contributed by atoms with Crippen molar-refractivity contribution in [3.63, 3.8) is 0 Å². The Kier molecular flexibility index (Phi) is 4.29. The van der Waals surface area contributed by atoms with E-state index in [0.29, 0.717) is 11.3 Å². The number of carbonyl (C=O) groups is 1. The van der Waals surface area contributed by atoms with E-state index in [4.69, 9.17) is 4.74 Å². The lowest BCUT2D eigenvalue weighted by atomic mass is 10.0. The summed E-state index contributed by atoms with van der Waals surface area (Å²) < 4.78 is 7.02. The average molecular weight is 319 g/mol. The Bertz CT molecular complexity index is 968. The molecule has 0 spiro atoms. The molecule has 0 aliphatic heterocycles. The van der Waals surface area contributed by atoms with Crippen molar-refractivity contribution in [1.29, 1.82) is 0 Å². The topological polar surface area (TPSA) is 48.3 Å². The number of benzene rings is 2. The maximum absolute atomic E-state index is 12.6. The molecule has 1 heterocycles. The first-order valence-electron chi connectivity index (χ1n) is 7.57. The number of rotatable bonds is 5. The molecule has 2 aromatic carbocycles. The Morgan fingerprint density at radius 3 is 2.58 bits per heavy atom. The summed E-state index contributed by atoms with van der Waals surface area (Å²) >= 11 is 0. The number of hydrogen-bond acceptors (Lipinski definition) is 3. The largest absolute Gasteiger partial charge is 0.485 e. The van der Waals surface area contributed by atoms with Gasteiger partial charge in [-0.1, -0.05) is 36.9 Å². The molecule has 0 unspecified atom stereocenters. The van der Waals surface area contributed by atoms with Gasteiger partial charge in [0.05, 0.1) is 5.52 Å². The van der Waals surface area contributed by atoms with Crippen LogP contribution in [-0.4, -0.2) is 17.0 Å². The Morgan fingerprint density at radius 1 is 1.17 bits per heavy atom. The number of ketones is 1. The Hall–Kier alpha value is -3.14. The van der Waals surface area contributed by atoms with E-state index >= 15 is 0 Å². The van der Waals surface area contributed by atoms with Gasteiger partial charge in [-0.2, -0.15) is 0 Å².